The lowest BCUT2D eigenvalue weighted by molar-refractivity contribution is 0.218. The van der Waals surface area contributed by atoms with Crippen molar-refractivity contribution in [1.29, 1.82) is 0 Å². The lowest BCUT2D eigenvalue weighted by Crippen LogP contribution is -2.34. The van der Waals surface area contributed by atoms with E-state index in [0.29, 0.717) is 36.3 Å². The molecule has 4 rings (SSSR count). The van der Waals surface area contributed by atoms with Gasteiger partial charge in [-0.25, -0.2) is 14.5 Å². The average Bonchev–Trinajstić information content (AvgIpc) is 3.13. The highest BCUT2D eigenvalue weighted by Gasteiger charge is 2.14. The summed E-state index contributed by atoms with van der Waals surface area (Å²) in [6, 6.07) is 9.89. The smallest absolute Gasteiger partial charge is 0.154 e. The minimum atomic E-state index is -0.266. The minimum absolute atomic E-state index is 0.266. The molecule has 4 heterocycles. The number of hydrogen-bond acceptors (Lipinski definition) is 8. The van der Waals surface area contributed by atoms with Crippen LogP contribution in [0.4, 0.5) is 11.6 Å². The van der Waals surface area contributed by atoms with E-state index >= 15 is 0 Å². The second kappa shape index (κ2) is 8.66. The molecule has 0 unspecified atom stereocenters. The Labute approximate surface area is 180 Å². The Bertz CT molecular complexity index is 1200. The number of nitrogens with one attached hydrogen (secondary N) is 1. The molecule has 0 atom stereocenters. The molecule has 0 aliphatic heterocycles. The Kier molecular flexibility index (Phi) is 5.79. The number of aryl methyl sites for hydroxylation is 3. The highest BCUT2D eigenvalue weighted by Crippen LogP contribution is 2.32. The van der Waals surface area contributed by atoms with E-state index in [2.05, 4.69) is 31.4 Å². The molecule has 0 saturated heterocycles. The van der Waals surface area contributed by atoms with Crippen LogP contribution in [0, 0.1) is 20.8 Å². The van der Waals surface area contributed by atoms with Crippen LogP contribution in [0.15, 0.2) is 42.7 Å². The molecule has 4 aromatic rings. The summed E-state index contributed by atoms with van der Waals surface area (Å²) in [6.07, 6.45) is 3.36. The van der Waals surface area contributed by atoms with Crippen LogP contribution in [0.25, 0.3) is 16.6 Å². The van der Waals surface area contributed by atoms with Crippen molar-refractivity contribution in [1.82, 2.24) is 24.6 Å². The fourth-order valence-corrected chi connectivity index (χ4v) is 3.37. The van der Waals surface area contributed by atoms with Crippen molar-refractivity contribution in [2.75, 3.05) is 18.4 Å². The SMILES string of the molecule is Cc1cc(-c2ccn3nc(Nc4cc(C)nc(C)n4)cc3c2)c(OC(CN)CN)cn1. The largest absolute Gasteiger partial charge is 0.486 e. The molecule has 0 radical (unpaired) electrons. The minimum Gasteiger partial charge on any atom is -0.486 e. The van der Waals surface area contributed by atoms with Gasteiger partial charge in [0.2, 0.25) is 0 Å². The van der Waals surface area contributed by atoms with E-state index in [9.17, 15) is 0 Å². The lowest BCUT2D eigenvalue weighted by atomic mass is 10.1. The van der Waals surface area contributed by atoms with E-state index in [0.717, 1.165) is 28.0 Å². The maximum atomic E-state index is 6.01. The Hall–Kier alpha value is -3.56. The molecular weight excluding hydrogens is 392 g/mol. The van der Waals surface area contributed by atoms with Crippen LogP contribution in [0.3, 0.4) is 0 Å². The van der Waals surface area contributed by atoms with Gasteiger partial charge in [-0.2, -0.15) is 5.10 Å². The number of nitrogens with zero attached hydrogens (tertiary/aromatic N) is 5. The Morgan fingerprint density at radius 2 is 1.81 bits per heavy atom. The second-order valence-corrected chi connectivity index (χ2v) is 7.41. The molecule has 0 fully saturated rings. The molecule has 0 spiro atoms. The van der Waals surface area contributed by atoms with Crippen LogP contribution < -0.4 is 21.5 Å². The highest BCUT2D eigenvalue weighted by molar-refractivity contribution is 5.75. The lowest BCUT2D eigenvalue weighted by Gasteiger charge is -2.18. The van der Waals surface area contributed by atoms with E-state index < -0.39 is 0 Å². The van der Waals surface area contributed by atoms with Crippen LogP contribution in [-0.2, 0) is 0 Å². The molecule has 0 bridgehead atoms. The summed E-state index contributed by atoms with van der Waals surface area (Å²) in [6.45, 7) is 6.42. The summed E-state index contributed by atoms with van der Waals surface area (Å²) in [5.41, 5.74) is 16.1. The summed E-state index contributed by atoms with van der Waals surface area (Å²) in [4.78, 5) is 13.1. The topological polar surface area (TPSA) is 129 Å². The first-order valence-electron chi connectivity index (χ1n) is 10.1. The average molecular weight is 419 g/mol. The maximum Gasteiger partial charge on any atom is 0.154 e. The van der Waals surface area contributed by atoms with Gasteiger partial charge in [0.15, 0.2) is 5.82 Å². The fraction of sp³-hybridized carbons (Fsp3) is 0.273. The molecule has 9 heteroatoms. The Balaban J connectivity index is 1.68. The van der Waals surface area contributed by atoms with Gasteiger partial charge >= 0.3 is 0 Å². The molecule has 0 aliphatic carbocycles. The molecule has 0 aliphatic rings. The summed E-state index contributed by atoms with van der Waals surface area (Å²) >= 11 is 0. The fourth-order valence-electron chi connectivity index (χ4n) is 3.37. The van der Waals surface area contributed by atoms with Crippen LogP contribution in [0.1, 0.15) is 17.2 Å². The third-order valence-corrected chi connectivity index (χ3v) is 4.82. The van der Waals surface area contributed by atoms with E-state index in [1.54, 1.807) is 6.20 Å². The summed E-state index contributed by atoms with van der Waals surface area (Å²) in [7, 11) is 0. The first-order valence-corrected chi connectivity index (χ1v) is 10.1. The third-order valence-electron chi connectivity index (χ3n) is 4.82. The van der Waals surface area contributed by atoms with Crippen molar-refractivity contribution in [3.05, 3.63) is 59.9 Å². The van der Waals surface area contributed by atoms with Gasteiger partial charge in [0.25, 0.3) is 0 Å². The normalized spacial score (nSPS) is 11.3. The van der Waals surface area contributed by atoms with Crippen LogP contribution in [-0.4, -0.2) is 43.8 Å². The number of fused-ring (bicyclic) bond motifs is 1. The summed E-state index contributed by atoms with van der Waals surface area (Å²) in [5.74, 6) is 2.77. The first-order chi connectivity index (χ1) is 14.9. The van der Waals surface area contributed by atoms with Gasteiger partial charge in [-0.1, -0.05) is 0 Å². The van der Waals surface area contributed by atoms with E-state index in [-0.39, 0.29) is 6.10 Å². The summed E-state index contributed by atoms with van der Waals surface area (Å²) in [5, 5.41) is 7.84. The van der Waals surface area contributed by atoms with Crippen molar-refractivity contribution >= 4 is 17.2 Å². The van der Waals surface area contributed by atoms with Crippen molar-refractivity contribution < 1.29 is 4.74 Å². The maximum absolute atomic E-state index is 6.01. The molecule has 160 valence electrons. The molecule has 0 aromatic carbocycles. The molecule has 4 aromatic heterocycles. The molecular formula is C22H26N8O. The summed E-state index contributed by atoms with van der Waals surface area (Å²) < 4.78 is 7.82. The molecule has 31 heavy (non-hydrogen) atoms. The van der Waals surface area contributed by atoms with Crippen LogP contribution >= 0.6 is 0 Å². The number of anilines is 2. The van der Waals surface area contributed by atoms with Gasteiger partial charge in [0, 0.05) is 48.4 Å². The second-order valence-electron chi connectivity index (χ2n) is 7.41. The van der Waals surface area contributed by atoms with Gasteiger partial charge in [0.1, 0.15) is 23.5 Å². The molecule has 0 amide bonds. The molecule has 0 saturated carbocycles. The number of aromatic nitrogens is 5. The zero-order valence-electron chi connectivity index (χ0n) is 17.8. The van der Waals surface area contributed by atoms with Crippen LogP contribution in [0.2, 0.25) is 0 Å². The van der Waals surface area contributed by atoms with E-state index in [4.69, 9.17) is 16.2 Å². The van der Waals surface area contributed by atoms with Gasteiger partial charge < -0.3 is 21.5 Å². The quantitative estimate of drug-likeness (QED) is 0.417. The number of hydrogen-bond donors (Lipinski definition) is 3. The van der Waals surface area contributed by atoms with Gasteiger partial charge in [-0.3, -0.25) is 4.98 Å². The van der Waals surface area contributed by atoms with Crippen molar-refractivity contribution in [3.63, 3.8) is 0 Å². The Morgan fingerprint density at radius 3 is 2.55 bits per heavy atom. The molecule has 9 nitrogen and oxygen atoms in total. The zero-order chi connectivity index (χ0) is 22.0. The number of pyridine rings is 2. The van der Waals surface area contributed by atoms with E-state index in [1.807, 2.05) is 55.7 Å². The van der Waals surface area contributed by atoms with Crippen LogP contribution in [0.5, 0.6) is 5.75 Å². The molecule has 5 N–H and O–H groups in total. The zero-order valence-corrected chi connectivity index (χ0v) is 17.8. The highest BCUT2D eigenvalue weighted by atomic mass is 16.5. The van der Waals surface area contributed by atoms with Crippen molar-refractivity contribution in [3.8, 4) is 16.9 Å². The number of rotatable bonds is 7. The van der Waals surface area contributed by atoms with Gasteiger partial charge in [-0.15, -0.1) is 0 Å². The first kappa shape index (κ1) is 20.7. The Morgan fingerprint density at radius 1 is 1.00 bits per heavy atom. The third kappa shape index (κ3) is 4.62. The van der Waals surface area contributed by atoms with Crippen molar-refractivity contribution in [2.24, 2.45) is 11.5 Å². The van der Waals surface area contributed by atoms with E-state index in [1.165, 1.54) is 0 Å². The van der Waals surface area contributed by atoms with Gasteiger partial charge in [-0.05, 0) is 44.5 Å². The number of nitrogens with two attached hydrogens (primary N) is 2. The monoisotopic (exact) mass is 418 g/mol. The van der Waals surface area contributed by atoms with Gasteiger partial charge in [0.05, 0.1) is 11.7 Å². The van der Waals surface area contributed by atoms with Crippen molar-refractivity contribution in [2.45, 2.75) is 26.9 Å². The standard InChI is InChI=1S/C22H26N8O/c1-13-6-19(20(12-25-13)31-18(10-23)11-24)16-4-5-30-17(8-16)9-22(29-30)28-21-7-14(2)26-15(3)27-21/h4-9,12,18H,10-11,23-24H2,1-3H3,(H,26,27,28,29). The predicted molar refractivity (Wildman–Crippen MR) is 120 cm³/mol. The number of ether oxygens (including phenoxy) is 1. The predicted octanol–water partition coefficient (Wildman–Crippen LogP) is 2.52.